The topological polar surface area (TPSA) is 75.6 Å². The molecule has 3 fully saturated rings. The zero-order valence-corrected chi connectivity index (χ0v) is 16.5. The molecule has 1 unspecified atom stereocenters. The number of carboxylic acids is 1. The van der Waals surface area contributed by atoms with Crippen LogP contribution in [0.3, 0.4) is 0 Å². The van der Waals surface area contributed by atoms with Crippen LogP contribution in [0.15, 0.2) is 48.5 Å². The second-order valence-corrected chi connectivity index (χ2v) is 8.56. The summed E-state index contributed by atoms with van der Waals surface area (Å²) in [5.41, 5.74) is 1.04. The summed E-state index contributed by atoms with van der Waals surface area (Å²) in [5, 5.41) is 13.4. The standard InChI is InChI=1S/C21H19Cl2NO4/c22-14-7-4-8-15(23)16(14)20-10-21(11-20,12-20)17(18(25)26)24-19(27)28-9-13-5-2-1-3-6-13/h1-8,17H,9-12H2,(H,24,27)(H,25,26). The van der Waals surface area contributed by atoms with Crippen molar-refractivity contribution < 1.29 is 19.4 Å². The number of ether oxygens (including phenoxy) is 1. The van der Waals surface area contributed by atoms with Gasteiger partial charge < -0.3 is 15.2 Å². The fraction of sp³-hybridized carbons (Fsp3) is 0.333. The second-order valence-electron chi connectivity index (χ2n) is 7.75. The average Bonchev–Trinajstić information content (AvgIpc) is 2.60. The molecule has 2 N–H and O–H groups in total. The van der Waals surface area contributed by atoms with Crippen LogP contribution >= 0.6 is 23.2 Å². The summed E-state index contributed by atoms with van der Waals surface area (Å²) < 4.78 is 5.18. The summed E-state index contributed by atoms with van der Waals surface area (Å²) in [7, 11) is 0. The lowest BCUT2D eigenvalue weighted by molar-refractivity contribution is -0.183. The third-order valence-electron chi connectivity index (χ3n) is 5.90. The van der Waals surface area contributed by atoms with Gasteiger partial charge in [-0.1, -0.05) is 59.6 Å². The minimum atomic E-state index is -1.06. The van der Waals surface area contributed by atoms with E-state index in [1.807, 2.05) is 30.3 Å². The maximum Gasteiger partial charge on any atom is 0.408 e. The molecule has 5 nitrogen and oxygen atoms in total. The monoisotopic (exact) mass is 419 g/mol. The second kappa shape index (κ2) is 6.98. The molecule has 2 bridgehead atoms. The molecule has 146 valence electrons. The summed E-state index contributed by atoms with van der Waals surface area (Å²) in [4.78, 5) is 24.0. The van der Waals surface area contributed by atoms with Gasteiger partial charge in [0, 0.05) is 20.9 Å². The Morgan fingerprint density at radius 1 is 1.04 bits per heavy atom. The van der Waals surface area contributed by atoms with Crippen molar-refractivity contribution in [3.63, 3.8) is 0 Å². The summed E-state index contributed by atoms with van der Waals surface area (Å²) in [6.45, 7) is 0.0885. The molecule has 3 aliphatic carbocycles. The first-order valence-corrected chi connectivity index (χ1v) is 9.75. The highest BCUT2D eigenvalue weighted by molar-refractivity contribution is 6.36. The number of carboxylic acid groups (broad SMARTS) is 1. The summed E-state index contributed by atoms with van der Waals surface area (Å²) in [5.74, 6) is -1.06. The van der Waals surface area contributed by atoms with Crippen molar-refractivity contribution in [3.05, 3.63) is 69.7 Å². The first-order valence-electron chi connectivity index (χ1n) is 9.00. The molecule has 0 aliphatic heterocycles. The number of nitrogens with one attached hydrogen (secondary N) is 1. The Morgan fingerprint density at radius 3 is 2.21 bits per heavy atom. The molecule has 2 aromatic rings. The SMILES string of the molecule is O=C(NC(C(=O)O)C12CC(c3c(Cl)cccc3Cl)(C1)C2)OCc1ccccc1. The van der Waals surface area contributed by atoms with E-state index >= 15 is 0 Å². The molecule has 1 amide bonds. The predicted molar refractivity (Wildman–Crippen MR) is 106 cm³/mol. The fourth-order valence-electron chi connectivity index (χ4n) is 4.80. The van der Waals surface area contributed by atoms with Crippen LogP contribution in [0.5, 0.6) is 0 Å². The normalized spacial score (nSPS) is 25.8. The predicted octanol–water partition coefficient (Wildman–Crippen LogP) is 4.79. The van der Waals surface area contributed by atoms with E-state index in [9.17, 15) is 14.7 Å². The molecule has 28 heavy (non-hydrogen) atoms. The van der Waals surface area contributed by atoms with Crippen molar-refractivity contribution in [1.29, 1.82) is 0 Å². The number of benzene rings is 2. The molecule has 2 aromatic carbocycles. The first kappa shape index (κ1) is 19.1. The molecule has 5 rings (SSSR count). The van der Waals surface area contributed by atoms with Crippen molar-refractivity contribution in [1.82, 2.24) is 5.32 Å². The zero-order chi connectivity index (χ0) is 19.9. The Balaban J connectivity index is 1.41. The van der Waals surface area contributed by atoms with Gasteiger partial charge in [0.2, 0.25) is 0 Å². The van der Waals surface area contributed by atoms with Gasteiger partial charge in [-0.2, -0.15) is 0 Å². The van der Waals surface area contributed by atoms with E-state index in [4.69, 9.17) is 27.9 Å². The van der Waals surface area contributed by atoms with Gasteiger partial charge in [-0.05, 0) is 42.5 Å². The van der Waals surface area contributed by atoms with Gasteiger partial charge in [-0.3, -0.25) is 0 Å². The Labute approximate surface area is 172 Å². The number of halogens is 2. The van der Waals surface area contributed by atoms with Crippen LogP contribution in [0.4, 0.5) is 4.79 Å². The van der Waals surface area contributed by atoms with Crippen LogP contribution in [0.2, 0.25) is 10.0 Å². The average molecular weight is 420 g/mol. The lowest BCUT2D eigenvalue weighted by atomic mass is 9.31. The van der Waals surface area contributed by atoms with E-state index in [1.165, 1.54) is 0 Å². The number of carbonyl (C=O) groups excluding carboxylic acids is 1. The van der Waals surface area contributed by atoms with Gasteiger partial charge in [-0.25, -0.2) is 9.59 Å². The number of carbonyl (C=O) groups is 2. The van der Waals surface area contributed by atoms with Crippen LogP contribution in [0, 0.1) is 5.41 Å². The third-order valence-corrected chi connectivity index (χ3v) is 6.53. The van der Waals surface area contributed by atoms with E-state index in [2.05, 4.69) is 5.32 Å². The van der Waals surface area contributed by atoms with Crippen LogP contribution < -0.4 is 5.32 Å². The highest BCUT2D eigenvalue weighted by Gasteiger charge is 2.73. The van der Waals surface area contributed by atoms with Crippen molar-refractivity contribution in [2.45, 2.75) is 37.3 Å². The molecule has 0 radical (unpaired) electrons. The van der Waals surface area contributed by atoms with Gasteiger partial charge in [0.1, 0.15) is 12.6 Å². The molecule has 3 saturated carbocycles. The molecule has 0 saturated heterocycles. The largest absolute Gasteiger partial charge is 0.480 e. The number of amides is 1. The maximum absolute atomic E-state index is 12.2. The van der Waals surface area contributed by atoms with Crippen molar-refractivity contribution in [2.75, 3.05) is 0 Å². The van der Waals surface area contributed by atoms with Crippen molar-refractivity contribution in [3.8, 4) is 0 Å². The highest BCUT2D eigenvalue weighted by Crippen LogP contribution is 2.76. The van der Waals surface area contributed by atoms with E-state index in [0.717, 1.165) is 11.1 Å². The minimum Gasteiger partial charge on any atom is -0.480 e. The molecule has 0 heterocycles. The van der Waals surface area contributed by atoms with Crippen molar-refractivity contribution >= 4 is 35.3 Å². The lowest BCUT2D eigenvalue weighted by Crippen LogP contribution is -2.73. The molecule has 7 heteroatoms. The van der Waals surface area contributed by atoms with Gasteiger partial charge >= 0.3 is 12.1 Å². The Hall–Kier alpha value is -2.24. The lowest BCUT2D eigenvalue weighted by Gasteiger charge is -2.72. The van der Waals surface area contributed by atoms with Crippen LogP contribution in [0.25, 0.3) is 0 Å². The van der Waals surface area contributed by atoms with E-state index < -0.39 is 23.5 Å². The van der Waals surface area contributed by atoms with E-state index in [-0.39, 0.29) is 12.0 Å². The van der Waals surface area contributed by atoms with Gasteiger partial charge in [-0.15, -0.1) is 0 Å². The Morgan fingerprint density at radius 2 is 1.64 bits per heavy atom. The van der Waals surface area contributed by atoms with Gasteiger partial charge in [0.25, 0.3) is 0 Å². The number of hydrogen-bond donors (Lipinski definition) is 2. The third kappa shape index (κ3) is 3.12. The van der Waals surface area contributed by atoms with Crippen LogP contribution in [0.1, 0.15) is 30.4 Å². The summed E-state index contributed by atoms with van der Waals surface area (Å²) >= 11 is 12.7. The molecule has 0 spiro atoms. The Bertz CT molecular complexity index is 891. The molecular formula is C21H19Cl2NO4. The molecule has 0 aromatic heterocycles. The highest BCUT2D eigenvalue weighted by atomic mass is 35.5. The van der Waals surface area contributed by atoms with Crippen LogP contribution in [-0.4, -0.2) is 23.2 Å². The van der Waals surface area contributed by atoms with Gasteiger partial charge in [0.05, 0.1) is 0 Å². The molecule has 1 atom stereocenters. The van der Waals surface area contributed by atoms with Crippen molar-refractivity contribution in [2.24, 2.45) is 5.41 Å². The number of rotatable bonds is 6. The fourth-order valence-corrected chi connectivity index (χ4v) is 5.60. The van der Waals surface area contributed by atoms with Gasteiger partial charge in [0.15, 0.2) is 0 Å². The number of alkyl carbamates (subject to hydrolysis) is 1. The van der Waals surface area contributed by atoms with E-state index in [1.54, 1.807) is 18.2 Å². The van der Waals surface area contributed by atoms with Crippen LogP contribution in [-0.2, 0) is 21.6 Å². The summed E-state index contributed by atoms with van der Waals surface area (Å²) in [6.07, 6.45) is 1.14. The quantitative estimate of drug-likeness (QED) is 0.705. The maximum atomic E-state index is 12.2. The first-order chi connectivity index (χ1) is 13.4. The molecular weight excluding hydrogens is 401 g/mol. The molecule has 3 aliphatic rings. The smallest absolute Gasteiger partial charge is 0.408 e. The zero-order valence-electron chi connectivity index (χ0n) is 15.0. The summed E-state index contributed by atoms with van der Waals surface area (Å²) in [6, 6.07) is 13.6. The number of hydrogen-bond acceptors (Lipinski definition) is 3. The number of aliphatic carboxylic acids is 1. The van der Waals surface area contributed by atoms with E-state index in [0.29, 0.717) is 29.3 Å². The Kier molecular flexibility index (Phi) is 4.76. The minimum absolute atomic E-state index is 0.0885.